The number of hydrogen-bond acceptors (Lipinski definition) is 3. The molecule has 0 aromatic heterocycles. The number of amides is 1. The molecule has 1 saturated heterocycles. The zero-order valence-corrected chi connectivity index (χ0v) is 14.0. The number of ether oxygens (including phenoxy) is 2. The van der Waals surface area contributed by atoms with E-state index in [2.05, 4.69) is 12.1 Å². The number of likely N-dealkylation sites (tertiary alicyclic amines) is 1. The standard InChI is InChI=1S/C20H23NO3/c1-23-19-9-7-18(8-10-19)20(22)21-12-11-17(13-21)15-24-14-16-5-3-2-4-6-16/h2-10,17H,11-15H2,1H3. The summed E-state index contributed by atoms with van der Waals surface area (Å²) in [5, 5.41) is 0. The van der Waals surface area contributed by atoms with Crippen molar-refractivity contribution in [2.75, 3.05) is 26.8 Å². The van der Waals surface area contributed by atoms with Crippen LogP contribution in [0.1, 0.15) is 22.3 Å². The maximum absolute atomic E-state index is 12.5. The molecule has 2 aromatic carbocycles. The maximum atomic E-state index is 12.5. The van der Waals surface area contributed by atoms with E-state index in [1.54, 1.807) is 7.11 Å². The van der Waals surface area contributed by atoms with E-state index in [0.29, 0.717) is 24.7 Å². The molecule has 1 fully saturated rings. The van der Waals surface area contributed by atoms with E-state index in [4.69, 9.17) is 9.47 Å². The fraction of sp³-hybridized carbons (Fsp3) is 0.350. The smallest absolute Gasteiger partial charge is 0.253 e. The summed E-state index contributed by atoms with van der Waals surface area (Å²) in [5.74, 6) is 1.26. The summed E-state index contributed by atoms with van der Waals surface area (Å²) < 4.78 is 10.9. The molecule has 2 aromatic rings. The molecule has 3 rings (SSSR count). The van der Waals surface area contributed by atoms with Gasteiger partial charge in [0.05, 0.1) is 20.3 Å². The second-order valence-electron chi connectivity index (χ2n) is 6.14. The van der Waals surface area contributed by atoms with Gasteiger partial charge in [-0.3, -0.25) is 4.79 Å². The number of benzene rings is 2. The fourth-order valence-corrected chi connectivity index (χ4v) is 2.99. The van der Waals surface area contributed by atoms with Crippen molar-refractivity contribution < 1.29 is 14.3 Å². The molecule has 1 amide bonds. The van der Waals surface area contributed by atoms with Crippen LogP contribution in [0.3, 0.4) is 0 Å². The highest BCUT2D eigenvalue weighted by Crippen LogP contribution is 2.20. The third-order valence-corrected chi connectivity index (χ3v) is 4.38. The highest BCUT2D eigenvalue weighted by Gasteiger charge is 2.27. The van der Waals surface area contributed by atoms with Crippen molar-refractivity contribution in [2.24, 2.45) is 5.92 Å². The minimum atomic E-state index is 0.0863. The summed E-state index contributed by atoms with van der Waals surface area (Å²) >= 11 is 0. The summed E-state index contributed by atoms with van der Waals surface area (Å²) in [6.07, 6.45) is 0.997. The highest BCUT2D eigenvalue weighted by atomic mass is 16.5. The van der Waals surface area contributed by atoms with Gasteiger partial charge in [0.15, 0.2) is 0 Å². The summed E-state index contributed by atoms with van der Waals surface area (Å²) in [6.45, 7) is 2.88. The molecule has 0 spiro atoms. The van der Waals surface area contributed by atoms with Gasteiger partial charge in [0.1, 0.15) is 5.75 Å². The van der Waals surface area contributed by atoms with Crippen LogP contribution in [0.4, 0.5) is 0 Å². The molecule has 1 aliphatic heterocycles. The van der Waals surface area contributed by atoms with Crippen molar-refractivity contribution in [1.82, 2.24) is 4.90 Å². The van der Waals surface area contributed by atoms with E-state index < -0.39 is 0 Å². The van der Waals surface area contributed by atoms with Crippen LogP contribution in [0, 0.1) is 5.92 Å². The van der Waals surface area contributed by atoms with Gasteiger partial charge >= 0.3 is 0 Å². The number of methoxy groups -OCH3 is 1. The lowest BCUT2D eigenvalue weighted by Gasteiger charge is -2.17. The molecule has 1 heterocycles. The quantitative estimate of drug-likeness (QED) is 0.817. The van der Waals surface area contributed by atoms with Gasteiger partial charge in [-0.2, -0.15) is 0 Å². The minimum absolute atomic E-state index is 0.0863. The van der Waals surface area contributed by atoms with Crippen molar-refractivity contribution in [1.29, 1.82) is 0 Å². The number of carbonyl (C=O) groups excluding carboxylic acids is 1. The summed E-state index contributed by atoms with van der Waals surface area (Å²) in [7, 11) is 1.62. The Bertz CT molecular complexity index is 654. The molecule has 1 unspecified atom stereocenters. The molecule has 1 atom stereocenters. The van der Waals surface area contributed by atoms with Crippen LogP contribution in [0.2, 0.25) is 0 Å². The maximum Gasteiger partial charge on any atom is 0.253 e. The molecule has 1 aliphatic rings. The summed E-state index contributed by atoms with van der Waals surface area (Å²) in [6, 6.07) is 17.5. The van der Waals surface area contributed by atoms with Crippen molar-refractivity contribution in [3.8, 4) is 5.75 Å². The highest BCUT2D eigenvalue weighted by molar-refractivity contribution is 5.94. The van der Waals surface area contributed by atoms with Gasteiger partial charge in [-0.1, -0.05) is 30.3 Å². The Hall–Kier alpha value is -2.33. The first-order chi connectivity index (χ1) is 11.8. The van der Waals surface area contributed by atoms with Gasteiger partial charge in [-0.25, -0.2) is 0 Å². The first-order valence-electron chi connectivity index (χ1n) is 8.31. The van der Waals surface area contributed by atoms with Crippen molar-refractivity contribution in [3.05, 3.63) is 65.7 Å². The second kappa shape index (κ2) is 7.97. The van der Waals surface area contributed by atoms with Gasteiger partial charge in [0.2, 0.25) is 0 Å². The molecule has 0 radical (unpaired) electrons. The monoisotopic (exact) mass is 325 g/mol. The van der Waals surface area contributed by atoms with E-state index in [1.165, 1.54) is 5.56 Å². The predicted molar refractivity (Wildman–Crippen MR) is 93.1 cm³/mol. The van der Waals surface area contributed by atoms with Crippen LogP contribution in [-0.2, 0) is 11.3 Å². The predicted octanol–water partition coefficient (Wildman–Crippen LogP) is 3.37. The Kier molecular flexibility index (Phi) is 5.49. The third kappa shape index (κ3) is 4.15. The lowest BCUT2D eigenvalue weighted by atomic mass is 10.1. The molecule has 4 heteroatoms. The van der Waals surface area contributed by atoms with Crippen LogP contribution < -0.4 is 4.74 Å². The van der Waals surface area contributed by atoms with Gasteiger partial charge in [-0.05, 0) is 36.2 Å². The zero-order chi connectivity index (χ0) is 16.8. The average molecular weight is 325 g/mol. The van der Waals surface area contributed by atoms with Gasteiger partial charge < -0.3 is 14.4 Å². The Morgan fingerprint density at radius 2 is 1.88 bits per heavy atom. The molecule has 4 nitrogen and oxygen atoms in total. The number of rotatable bonds is 6. The minimum Gasteiger partial charge on any atom is -0.497 e. The van der Waals surface area contributed by atoms with E-state index in [9.17, 15) is 4.79 Å². The molecule has 0 N–H and O–H groups in total. The molecule has 0 bridgehead atoms. The van der Waals surface area contributed by atoms with Crippen molar-refractivity contribution >= 4 is 5.91 Å². The summed E-state index contributed by atoms with van der Waals surface area (Å²) in [5.41, 5.74) is 1.89. The van der Waals surface area contributed by atoms with E-state index in [0.717, 1.165) is 25.3 Å². The molecular formula is C20H23NO3. The molecule has 0 aliphatic carbocycles. The van der Waals surface area contributed by atoms with E-state index in [-0.39, 0.29) is 5.91 Å². The lowest BCUT2D eigenvalue weighted by Crippen LogP contribution is -2.29. The Labute approximate surface area is 143 Å². The second-order valence-corrected chi connectivity index (χ2v) is 6.14. The number of carbonyl (C=O) groups is 1. The van der Waals surface area contributed by atoms with Crippen LogP contribution in [-0.4, -0.2) is 37.6 Å². The van der Waals surface area contributed by atoms with Crippen LogP contribution >= 0.6 is 0 Å². The largest absolute Gasteiger partial charge is 0.497 e. The Balaban J connectivity index is 1.46. The van der Waals surface area contributed by atoms with Gasteiger partial charge in [0, 0.05) is 24.6 Å². The molecular weight excluding hydrogens is 302 g/mol. The first kappa shape index (κ1) is 16.5. The fourth-order valence-electron chi connectivity index (χ4n) is 2.99. The lowest BCUT2D eigenvalue weighted by molar-refractivity contribution is 0.0733. The van der Waals surface area contributed by atoms with Crippen LogP contribution in [0.15, 0.2) is 54.6 Å². The third-order valence-electron chi connectivity index (χ3n) is 4.38. The van der Waals surface area contributed by atoms with E-state index in [1.807, 2.05) is 47.4 Å². The Morgan fingerprint density at radius 1 is 1.12 bits per heavy atom. The number of nitrogens with zero attached hydrogens (tertiary/aromatic N) is 1. The first-order valence-corrected chi connectivity index (χ1v) is 8.31. The number of hydrogen-bond donors (Lipinski definition) is 0. The molecule has 0 saturated carbocycles. The molecule has 24 heavy (non-hydrogen) atoms. The topological polar surface area (TPSA) is 38.8 Å². The Morgan fingerprint density at radius 3 is 2.58 bits per heavy atom. The zero-order valence-electron chi connectivity index (χ0n) is 14.0. The van der Waals surface area contributed by atoms with Crippen LogP contribution in [0.5, 0.6) is 5.75 Å². The SMILES string of the molecule is COc1ccc(C(=O)N2CCC(COCc3ccccc3)C2)cc1. The van der Waals surface area contributed by atoms with E-state index >= 15 is 0 Å². The van der Waals surface area contributed by atoms with Crippen molar-refractivity contribution in [2.45, 2.75) is 13.0 Å². The average Bonchev–Trinajstić information content (AvgIpc) is 3.11. The van der Waals surface area contributed by atoms with Crippen molar-refractivity contribution in [3.63, 3.8) is 0 Å². The van der Waals surface area contributed by atoms with Gasteiger partial charge in [-0.15, -0.1) is 0 Å². The van der Waals surface area contributed by atoms with Crippen LogP contribution in [0.25, 0.3) is 0 Å². The molecule has 126 valence electrons. The normalized spacial score (nSPS) is 17.0. The summed E-state index contributed by atoms with van der Waals surface area (Å²) in [4.78, 5) is 14.4. The van der Waals surface area contributed by atoms with Gasteiger partial charge in [0.25, 0.3) is 5.91 Å².